The van der Waals surface area contributed by atoms with Crippen molar-refractivity contribution < 1.29 is 9.90 Å². The molecule has 0 aliphatic heterocycles. The lowest BCUT2D eigenvalue weighted by atomic mass is 10.1. The highest BCUT2D eigenvalue weighted by atomic mass is 35.5. The van der Waals surface area contributed by atoms with Crippen molar-refractivity contribution in [2.24, 2.45) is 0 Å². The minimum Gasteiger partial charge on any atom is -0.478 e. The fraction of sp³-hybridized carbons (Fsp3) is 0.417. The topological polar surface area (TPSA) is 37.3 Å². The van der Waals surface area contributed by atoms with Crippen LogP contribution in [0.15, 0.2) is 23.1 Å². The smallest absolute Gasteiger partial charge is 0.336 e. The van der Waals surface area contributed by atoms with E-state index in [4.69, 9.17) is 16.7 Å². The summed E-state index contributed by atoms with van der Waals surface area (Å²) in [6.07, 6.45) is 0.972. The first-order chi connectivity index (χ1) is 7.35. The van der Waals surface area contributed by atoms with Crippen molar-refractivity contribution in [1.29, 1.82) is 0 Å². The molecule has 0 unspecified atom stereocenters. The summed E-state index contributed by atoms with van der Waals surface area (Å²) in [5.74, 6) is -0.933. The van der Waals surface area contributed by atoms with Crippen LogP contribution in [0.2, 0.25) is 5.02 Å². The van der Waals surface area contributed by atoms with E-state index in [-0.39, 0.29) is 10.3 Å². The highest BCUT2D eigenvalue weighted by Gasteiger charge is 2.20. The Morgan fingerprint density at radius 3 is 2.62 bits per heavy atom. The Labute approximate surface area is 105 Å². The molecule has 0 saturated carbocycles. The third-order valence-corrected chi connectivity index (χ3v) is 4.06. The molecule has 88 valence electrons. The molecule has 0 aliphatic carbocycles. The number of halogens is 1. The second-order valence-corrected chi connectivity index (χ2v) is 6.35. The molecular formula is C12H15ClO2S. The van der Waals surface area contributed by atoms with Crippen LogP contribution in [0.4, 0.5) is 0 Å². The SMILES string of the molecule is CCC(C)(C)Sc1ccc(Cl)cc1C(=O)O. The number of rotatable bonds is 4. The van der Waals surface area contributed by atoms with Crippen LogP contribution in [0, 0.1) is 0 Å². The van der Waals surface area contributed by atoms with Crippen molar-refractivity contribution in [3.63, 3.8) is 0 Å². The molecule has 0 fully saturated rings. The quantitative estimate of drug-likeness (QED) is 0.818. The van der Waals surface area contributed by atoms with Crippen molar-refractivity contribution in [3.05, 3.63) is 28.8 Å². The van der Waals surface area contributed by atoms with E-state index in [0.29, 0.717) is 5.02 Å². The maximum atomic E-state index is 11.1. The number of hydrogen-bond donors (Lipinski definition) is 1. The standard InChI is InChI=1S/C12H15ClO2S/c1-4-12(2,3)16-10-6-5-8(13)7-9(10)11(14)15/h5-7H,4H2,1-3H3,(H,14,15). The Balaban J connectivity index is 3.09. The lowest BCUT2D eigenvalue weighted by Crippen LogP contribution is -2.13. The predicted molar refractivity (Wildman–Crippen MR) is 68.6 cm³/mol. The molecular weight excluding hydrogens is 244 g/mol. The highest BCUT2D eigenvalue weighted by Crippen LogP contribution is 2.37. The summed E-state index contributed by atoms with van der Waals surface area (Å²) >= 11 is 7.36. The molecule has 0 aliphatic rings. The van der Waals surface area contributed by atoms with Gasteiger partial charge in [-0.05, 0) is 24.6 Å². The van der Waals surface area contributed by atoms with E-state index in [0.717, 1.165) is 11.3 Å². The first-order valence-electron chi connectivity index (χ1n) is 5.07. The van der Waals surface area contributed by atoms with Crippen molar-refractivity contribution >= 4 is 29.3 Å². The predicted octanol–water partition coefficient (Wildman–Crippen LogP) is 4.32. The third-order valence-electron chi connectivity index (χ3n) is 2.41. The van der Waals surface area contributed by atoms with E-state index in [1.807, 2.05) is 0 Å². The van der Waals surface area contributed by atoms with Gasteiger partial charge < -0.3 is 5.11 Å². The monoisotopic (exact) mass is 258 g/mol. The van der Waals surface area contributed by atoms with E-state index in [1.54, 1.807) is 23.9 Å². The number of carboxylic acids is 1. The maximum Gasteiger partial charge on any atom is 0.336 e. The van der Waals surface area contributed by atoms with E-state index in [9.17, 15) is 4.79 Å². The number of benzene rings is 1. The van der Waals surface area contributed by atoms with Gasteiger partial charge in [0.25, 0.3) is 0 Å². The molecule has 0 saturated heterocycles. The summed E-state index contributed by atoms with van der Waals surface area (Å²) in [4.78, 5) is 11.8. The van der Waals surface area contributed by atoms with Crippen molar-refractivity contribution in [2.45, 2.75) is 36.8 Å². The Hall–Kier alpha value is -0.670. The molecule has 0 radical (unpaired) electrons. The number of carboxylic acid groups (broad SMARTS) is 1. The summed E-state index contributed by atoms with van der Waals surface area (Å²) in [6, 6.07) is 4.99. The molecule has 1 N–H and O–H groups in total. The van der Waals surface area contributed by atoms with Gasteiger partial charge in [0, 0.05) is 14.7 Å². The summed E-state index contributed by atoms with van der Waals surface area (Å²) in [5, 5.41) is 9.54. The van der Waals surface area contributed by atoms with Crippen molar-refractivity contribution in [2.75, 3.05) is 0 Å². The highest BCUT2D eigenvalue weighted by molar-refractivity contribution is 8.00. The molecule has 0 heterocycles. The van der Waals surface area contributed by atoms with Crippen LogP contribution < -0.4 is 0 Å². The van der Waals surface area contributed by atoms with Crippen molar-refractivity contribution in [1.82, 2.24) is 0 Å². The first-order valence-corrected chi connectivity index (χ1v) is 6.27. The van der Waals surface area contributed by atoms with Gasteiger partial charge in [0.15, 0.2) is 0 Å². The van der Waals surface area contributed by atoms with Gasteiger partial charge in [0.2, 0.25) is 0 Å². The lowest BCUT2D eigenvalue weighted by molar-refractivity contribution is 0.0693. The molecule has 0 spiro atoms. The Morgan fingerprint density at radius 1 is 1.50 bits per heavy atom. The Bertz CT molecular complexity index is 402. The second-order valence-electron chi connectivity index (χ2n) is 4.16. The number of thioether (sulfide) groups is 1. The number of aromatic carboxylic acids is 1. The third kappa shape index (κ3) is 3.42. The van der Waals surface area contributed by atoms with Gasteiger partial charge in [-0.15, -0.1) is 11.8 Å². The minimum absolute atomic E-state index is 0.0258. The fourth-order valence-electron chi connectivity index (χ4n) is 1.13. The van der Waals surface area contributed by atoms with Gasteiger partial charge >= 0.3 is 5.97 Å². The average molecular weight is 259 g/mol. The van der Waals surface area contributed by atoms with E-state index < -0.39 is 5.97 Å². The first kappa shape index (κ1) is 13.4. The minimum atomic E-state index is -0.933. The zero-order valence-corrected chi connectivity index (χ0v) is 11.2. The van der Waals surface area contributed by atoms with Crippen LogP contribution in [0.5, 0.6) is 0 Å². The second kappa shape index (κ2) is 5.11. The van der Waals surface area contributed by atoms with Gasteiger partial charge in [-0.2, -0.15) is 0 Å². The summed E-state index contributed by atoms with van der Waals surface area (Å²) < 4.78 is 0.0258. The molecule has 16 heavy (non-hydrogen) atoms. The van der Waals surface area contributed by atoms with Gasteiger partial charge in [-0.3, -0.25) is 0 Å². The van der Waals surface area contributed by atoms with Crippen LogP contribution in [-0.4, -0.2) is 15.8 Å². The molecule has 4 heteroatoms. The van der Waals surface area contributed by atoms with Gasteiger partial charge in [-0.25, -0.2) is 4.79 Å². The fourth-order valence-corrected chi connectivity index (χ4v) is 2.43. The van der Waals surface area contributed by atoms with E-state index >= 15 is 0 Å². The summed E-state index contributed by atoms with van der Waals surface area (Å²) in [6.45, 7) is 6.28. The summed E-state index contributed by atoms with van der Waals surface area (Å²) in [7, 11) is 0. The molecule has 1 aromatic rings. The van der Waals surface area contributed by atoms with Crippen LogP contribution in [0.25, 0.3) is 0 Å². The Morgan fingerprint density at radius 2 is 2.12 bits per heavy atom. The lowest BCUT2D eigenvalue weighted by Gasteiger charge is -2.22. The molecule has 0 atom stereocenters. The summed E-state index contributed by atoms with van der Waals surface area (Å²) in [5.41, 5.74) is 0.277. The molecule has 1 aromatic carbocycles. The Kier molecular flexibility index (Phi) is 4.28. The van der Waals surface area contributed by atoms with Crippen LogP contribution in [-0.2, 0) is 0 Å². The molecule has 1 rings (SSSR count). The normalized spacial score (nSPS) is 11.5. The largest absolute Gasteiger partial charge is 0.478 e. The average Bonchev–Trinajstić information content (AvgIpc) is 2.20. The molecule has 0 aromatic heterocycles. The zero-order chi connectivity index (χ0) is 12.3. The van der Waals surface area contributed by atoms with Gasteiger partial charge in [-0.1, -0.05) is 32.4 Å². The van der Waals surface area contributed by atoms with Crippen molar-refractivity contribution in [3.8, 4) is 0 Å². The van der Waals surface area contributed by atoms with Gasteiger partial charge in [0.1, 0.15) is 0 Å². The molecule has 0 bridgehead atoms. The van der Waals surface area contributed by atoms with E-state index in [2.05, 4.69) is 20.8 Å². The van der Waals surface area contributed by atoms with E-state index in [1.165, 1.54) is 6.07 Å². The molecule has 2 nitrogen and oxygen atoms in total. The number of hydrogen-bond acceptors (Lipinski definition) is 2. The zero-order valence-electron chi connectivity index (χ0n) is 9.58. The van der Waals surface area contributed by atoms with Crippen LogP contribution in [0.3, 0.4) is 0 Å². The molecule has 0 amide bonds. The van der Waals surface area contributed by atoms with Gasteiger partial charge in [0.05, 0.1) is 5.56 Å². The maximum absolute atomic E-state index is 11.1. The number of carbonyl (C=O) groups is 1. The van der Waals surface area contributed by atoms with Crippen LogP contribution in [0.1, 0.15) is 37.6 Å². The van der Waals surface area contributed by atoms with Crippen LogP contribution >= 0.6 is 23.4 Å².